The number of hydrogen-bond donors (Lipinski definition) is 4. The summed E-state index contributed by atoms with van der Waals surface area (Å²) in [5, 5.41) is 17.9. The number of nitrogens with one attached hydrogen (secondary N) is 3. The van der Waals surface area contributed by atoms with Gasteiger partial charge in [-0.1, -0.05) is 6.92 Å². The number of urea groups is 1. The van der Waals surface area contributed by atoms with Gasteiger partial charge < -0.3 is 15.7 Å². The Kier molecular flexibility index (Phi) is 8.14. The van der Waals surface area contributed by atoms with Crippen molar-refractivity contribution in [1.29, 1.82) is 0 Å². The summed E-state index contributed by atoms with van der Waals surface area (Å²) >= 11 is 0. The minimum absolute atomic E-state index is 0.256. The zero-order chi connectivity index (χ0) is 17.2. The first-order valence-corrected chi connectivity index (χ1v) is 7.78. The Labute approximate surface area is 136 Å². The summed E-state index contributed by atoms with van der Waals surface area (Å²) in [6.45, 7) is 2.34. The monoisotopic (exact) mass is 322 g/mol. The summed E-state index contributed by atoms with van der Waals surface area (Å²) in [6.07, 6.45) is 4.89. The van der Waals surface area contributed by atoms with Gasteiger partial charge in [-0.25, -0.2) is 10.2 Å². The van der Waals surface area contributed by atoms with Crippen molar-refractivity contribution in [3.8, 4) is 0 Å². The second kappa shape index (κ2) is 9.86. The average Bonchev–Trinajstić information content (AvgIpc) is 2.51. The summed E-state index contributed by atoms with van der Waals surface area (Å²) in [5.74, 6) is -1.35. The normalized spacial score (nSPS) is 22.3. The van der Waals surface area contributed by atoms with E-state index in [-0.39, 0.29) is 12.0 Å². The lowest BCUT2D eigenvalue weighted by Gasteiger charge is -2.25. The number of nitrogens with zero attached hydrogens (tertiary/aromatic N) is 1. The number of hydrazone groups is 1. The van der Waals surface area contributed by atoms with E-state index in [9.17, 15) is 14.4 Å². The van der Waals surface area contributed by atoms with Crippen LogP contribution in [0.4, 0.5) is 9.59 Å². The fourth-order valence-corrected chi connectivity index (χ4v) is 2.50. The third-order valence-corrected chi connectivity index (χ3v) is 3.94. The molecular formula is C14H23BN4O4. The summed E-state index contributed by atoms with van der Waals surface area (Å²) < 4.78 is 0. The molecule has 1 aliphatic carbocycles. The van der Waals surface area contributed by atoms with E-state index in [2.05, 4.69) is 21.2 Å². The second-order valence-corrected chi connectivity index (χ2v) is 5.68. The van der Waals surface area contributed by atoms with Crippen molar-refractivity contribution in [3.05, 3.63) is 0 Å². The molecular weight excluding hydrogens is 299 g/mol. The molecule has 0 aromatic carbocycles. The lowest BCUT2D eigenvalue weighted by atomic mass is 9.82. The van der Waals surface area contributed by atoms with Crippen molar-refractivity contribution >= 4 is 31.9 Å². The highest BCUT2D eigenvalue weighted by Crippen LogP contribution is 2.28. The summed E-state index contributed by atoms with van der Waals surface area (Å²) in [7, 11) is 5.01. The molecule has 0 spiro atoms. The van der Waals surface area contributed by atoms with Gasteiger partial charge in [0.15, 0.2) is 5.81 Å². The molecule has 1 saturated carbocycles. The molecule has 1 aliphatic rings. The van der Waals surface area contributed by atoms with Crippen molar-refractivity contribution in [1.82, 2.24) is 16.1 Å². The van der Waals surface area contributed by atoms with Crippen LogP contribution in [0, 0.1) is 11.8 Å². The molecule has 8 nitrogen and oxygen atoms in total. The minimum Gasteiger partial charge on any atom is -0.481 e. The van der Waals surface area contributed by atoms with Gasteiger partial charge in [0, 0.05) is 12.8 Å². The predicted molar refractivity (Wildman–Crippen MR) is 86.5 cm³/mol. The lowest BCUT2D eigenvalue weighted by molar-refractivity contribution is -0.143. The molecule has 126 valence electrons. The van der Waals surface area contributed by atoms with Crippen LogP contribution in [0.3, 0.4) is 0 Å². The highest BCUT2D eigenvalue weighted by molar-refractivity contribution is 6.57. The number of carboxylic acids is 1. The van der Waals surface area contributed by atoms with Crippen LogP contribution in [0.2, 0.25) is 0 Å². The van der Waals surface area contributed by atoms with Crippen LogP contribution < -0.4 is 16.1 Å². The quantitative estimate of drug-likeness (QED) is 0.315. The van der Waals surface area contributed by atoms with Gasteiger partial charge in [0.05, 0.1) is 12.0 Å². The third-order valence-electron chi connectivity index (χ3n) is 3.94. The molecule has 0 aromatic rings. The molecule has 23 heavy (non-hydrogen) atoms. The third kappa shape index (κ3) is 7.67. The highest BCUT2D eigenvalue weighted by atomic mass is 16.4. The maximum absolute atomic E-state index is 11.6. The van der Waals surface area contributed by atoms with Gasteiger partial charge in [-0.2, -0.15) is 5.10 Å². The first kappa shape index (κ1) is 19.0. The Morgan fingerprint density at radius 1 is 1.30 bits per heavy atom. The van der Waals surface area contributed by atoms with E-state index in [1.54, 1.807) is 0 Å². The van der Waals surface area contributed by atoms with E-state index < -0.39 is 17.8 Å². The van der Waals surface area contributed by atoms with Gasteiger partial charge in [-0.3, -0.25) is 9.59 Å². The number of amides is 3. The molecule has 0 aliphatic heterocycles. The Morgan fingerprint density at radius 2 is 1.96 bits per heavy atom. The number of carbonyl (C=O) groups is 3. The number of aliphatic carboxylic acids is 1. The van der Waals surface area contributed by atoms with Crippen LogP contribution in [0.15, 0.2) is 5.10 Å². The van der Waals surface area contributed by atoms with E-state index in [0.29, 0.717) is 31.7 Å². The van der Waals surface area contributed by atoms with Crippen molar-refractivity contribution < 1.29 is 19.5 Å². The summed E-state index contributed by atoms with van der Waals surface area (Å²) in [4.78, 5) is 33.2. The molecule has 0 aromatic heterocycles. The molecule has 4 N–H and O–H groups in total. The predicted octanol–water partition coefficient (Wildman–Crippen LogP) is 0.819. The Morgan fingerprint density at radius 3 is 2.48 bits per heavy atom. The van der Waals surface area contributed by atoms with Crippen molar-refractivity contribution in [2.75, 3.05) is 6.54 Å². The van der Waals surface area contributed by atoms with Crippen molar-refractivity contribution in [3.63, 3.8) is 0 Å². The van der Waals surface area contributed by atoms with E-state index >= 15 is 0 Å². The molecule has 1 unspecified atom stereocenters. The zero-order valence-corrected chi connectivity index (χ0v) is 13.2. The van der Waals surface area contributed by atoms with Crippen LogP contribution >= 0.6 is 0 Å². The molecule has 0 heterocycles. The molecule has 1 fully saturated rings. The van der Waals surface area contributed by atoms with Gasteiger partial charge in [-0.15, -0.1) is 0 Å². The van der Waals surface area contributed by atoms with Gasteiger partial charge in [0.2, 0.25) is 7.85 Å². The maximum atomic E-state index is 11.6. The summed E-state index contributed by atoms with van der Waals surface area (Å²) in [5.41, 5.74) is 2.32. The Hall–Kier alpha value is -2.06. The summed E-state index contributed by atoms with van der Waals surface area (Å²) in [6, 6.07) is -0.769. The second-order valence-electron chi connectivity index (χ2n) is 5.68. The van der Waals surface area contributed by atoms with E-state index in [0.717, 1.165) is 12.8 Å². The molecule has 9 heteroatoms. The van der Waals surface area contributed by atoms with Crippen LogP contribution in [0.25, 0.3) is 0 Å². The highest BCUT2D eigenvalue weighted by Gasteiger charge is 2.25. The largest absolute Gasteiger partial charge is 0.481 e. The van der Waals surface area contributed by atoms with E-state index in [4.69, 9.17) is 13.0 Å². The van der Waals surface area contributed by atoms with Crippen LogP contribution in [-0.4, -0.2) is 49.6 Å². The SMILES string of the molecule is [B]C(=O)NC(/C=N/NC(=O)NCC1CCC(C(=O)O)CC1)CC. The van der Waals surface area contributed by atoms with Gasteiger partial charge in [-0.05, 0) is 38.0 Å². The smallest absolute Gasteiger partial charge is 0.335 e. The minimum atomic E-state index is -0.737. The Balaban J connectivity index is 2.22. The number of carboxylic acid groups (broad SMARTS) is 1. The Bertz CT molecular complexity index is 450. The molecule has 0 bridgehead atoms. The molecule has 1 rings (SSSR count). The topological polar surface area (TPSA) is 120 Å². The van der Waals surface area contributed by atoms with Gasteiger partial charge in [0.25, 0.3) is 0 Å². The fraction of sp³-hybridized carbons (Fsp3) is 0.714. The molecule has 2 radical (unpaired) electrons. The first-order valence-electron chi connectivity index (χ1n) is 7.78. The standard InChI is InChI=1S/C14H23BN4O4/c1-2-11(18-13(15)22)8-17-19-14(23)16-7-9-3-5-10(6-4-9)12(20)21/h8-11H,2-7H2,1H3,(H,18,22)(H,20,21)(H2,16,19,23)/b17-8+. The average molecular weight is 322 g/mol. The van der Waals surface area contributed by atoms with Crippen LogP contribution in [0.5, 0.6) is 0 Å². The maximum Gasteiger partial charge on any atom is 0.335 e. The van der Waals surface area contributed by atoms with Gasteiger partial charge >= 0.3 is 12.0 Å². The first-order chi connectivity index (χ1) is 10.9. The number of hydrogen-bond acceptors (Lipinski definition) is 4. The fourth-order valence-electron chi connectivity index (χ4n) is 2.50. The lowest BCUT2D eigenvalue weighted by Crippen LogP contribution is -2.38. The van der Waals surface area contributed by atoms with Crippen LogP contribution in [0.1, 0.15) is 39.0 Å². The van der Waals surface area contributed by atoms with Crippen molar-refractivity contribution in [2.45, 2.75) is 45.1 Å². The zero-order valence-electron chi connectivity index (χ0n) is 13.2. The van der Waals surface area contributed by atoms with Gasteiger partial charge in [0.1, 0.15) is 0 Å². The van der Waals surface area contributed by atoms with Crippen LogP contribution in [-0.2, 0) is 4.79 Å². The van der Waals surface area contributed by atoms with Crippen molar-refractivity contribution in [2.24, 2.45) is 16.9 Å². The van der Waals surface area contributed by atoms with E-state index in [1.165, 1.54) is 6.21 Å². The molecule has 1 atom stereocenters. The number of carbonyl (C=O) groups excluding carboxylic acids is 2. The van der Waals surface area contributed by atoms with E-state index in [1.807, 2.05) is 6.92 Å². The molecule has 3 amide bonds. The number of rotatable bonds is 7. The molecule has 0 saturated heterocycles.